The summed E-state index contributed by atoms with van der Waals surface area (Å²) in [6.45, 7) is 4.78. The van der Waals surface area contributed by atoms with Crippen molar-refractivity contribution in [3.8, 4) is 0 Å². The third-order valence-corrected chi connectivity index (χ3v) is 7.50. The van der Waals surface area contributed by atoms with E-state index in [1.807, 2.05) is 6.08 Å². The van der Waals surface area contributed by atoms with E-state index in [2.05, 4.69) is 13.8 Å². The van der Waals surface area contributed by atoms with Crippen LogP contribution >= 0.6 is 0 Å². The molecule has 0 aliphatic heterocycles. The molecule has 4 aliphatic carbocycles. The smallest absolute Gasteiger partial charge is 0.155 e. The zero-order chi connectivity index (χ0) is 14.8. The van der Waals surface area contributed by atoms with Crippen LogP contribution in [-0.4, -0.2) is 17.0 Å². The topological polar surface area (TPSA) is 37.3 Å². The summed E-state index contributed by atoms with van der Waals surface area (Å²) in [5.74, 6) is 3.84. The molecule has 116 valence electrons. The minimum Gasteiger partial charge on any atom is -0.393 e. The highest BCUT2D eigenvalue weighted by molar-refractivity contribution is 5.91. The molecule has 0 aromatic rings. The minimum absolute atomic E-state index is 0.0704. The highest BCUT2D eigenvalue weighted by atomic mass is 16.3. The van der Waals surface area contributed by atoms with Crippen LogP contribution in [0, 0.1) is 35.0 Å². The van der Waals surface area contributed by atoms with Crippen LogP contribution in [0.5, 0.6) is 0 Å². The molecule has 0 heterocycles. The first-order chi connectivity index (χ1) is 9.98. The number of carbonyl (C=O) groups is 1. The van der Waals surface area contributed by atoms with E-state index in [1.165, 1.54) is 24.8 Å². The summed E-state index contributed by atoms with van der Waals surface area (Å²) in [4.78, 5) is 11.8. The van der Waals surface area contributed by atoms with Crippen LogP contribution in [0.1, 0.15) is 58.8 Å². The maximum absolute atomic E-state index is 11.8. The van der Waals surface area contributed by atoms with Gasteiger partial charge < -0.3 is 5.11 Å². The number of carbonyl (C=O) groups excluding carboxylic acids is 1. The Morgan fingerprint density at radius 2 is 2.05 bits per heavy atom. The molecule has 0 bridgehead atoms. The molecule has 0 aromatic heterocycles. The second-order valence-electron chi connectivity index (χ2n) is 8.59. The molecule has 0 spiro atoms. The molecule has 3 fully saturated rings. The average molecular weight is 288 g/mol. The second kappa shape index (κ2) is 4.68. The summed E-state index contributed by atoms with van der Waals surface area (Å²) in [7, 11) is 0. The Kier molecular flexibility index (Phi) is 3.12. The van der Waals surface area contributed by atoms with Crippen LogP contribution in [0.25, 0.3) is 0 Å². The molecule has 4 rings (SSSR count). The van der Waals surface area contributed by atoms with Crippen molar-refractivity contribution in [2.75, 3.05) is 0 Å². The number of fused-ring (bicyclic) bond motifs is 4. The van der Waals surface area contributed by atoms with Gasteiger partial charge in [-0.25, -0.2) is 0 Å². The second-order valence-corrected chi connectivity index (χ2v) is 8.59. The molecule has 21 heavy (non-hydrogen) atoms. The number of aliphatic hydroxyl groups is 1. The van der Waals surface area contributed by atoms with Gasteiger partial charge in [0.25, 0.3) is 0 Å². The molecule has 1 N–H and O–H groups in total. The molecule has 2 heteroatoms. The van der Waals surface area contributed by atoms with E-state index in [1.54, 1.807) is 0 Å². The molecule has 3 saturated carbocycles. The fourth-order valence-electron chi connectivity index (χ4n) is 6.49. The minimum atomic E-state index is -0.0704. The van der Waals surface area contributed by atoms with Gasteiger partial charge in [-0.05, 0) is 79.6 Å². The predicted molar refractivity (Wildman–Crippen MR) is 82.6 cm³/mol. The van der Waals surface area contributed by atoms with Crippen molar-refractivity contribution in [1.82, 2.24) is 0 Å². The Balaban J connectivity index is 1.66. The SMILES string of the molecule is CC1C2=CC(=O)CCC2CC2C1CCC1(C)CC(O)CC21. The lowest BCUT2D eigenvalue weighted by Crippen LogP contribution is -2.46. The van der Waals surface area contributed by atoms with Crippen LogP contribution in [0.3, 0.4) is 0 Å². The molecule has 4 aliphatic rings. The molecule has 2 nitrogen and oxygen atoms in total. The molecule has 0 aromatic carbocycles. The first-order valence-electron chi connectivity index (χ1n) is 8.90. The van der Waals surface area contributed by atoms with Gasteiger partial charge in [0.1, 0.15) is 0 Å². The molecule has 0 saturated heterocycles. The van der Waals surface area contributed by atoms with Gasteiger partial charge in [-0.3, -0.25) is 4.79 Å². The summed E-state index contributed by atoms with van der Waals surface area (Å²) in [6.07, 6.45) is 9.63. The first kappa shape index (κ1) is 14.0. The highest BCUT2D eigenvalue weighted by Crippen LogP contribution is 2.62. The van der Waals surface area contributed by atoms with Crippen molar-refractivity contribution >= 4 is 5.78 Å². The van der Waals surface area contributed by atoms with Crippen molar-refractivity contribution < 1.29 is 9.90 Å². The van der Waals surface area contributed by atoms with Crippen molar-refractivity contribution in [3.63, 3.8) is 0 Å². The first-order valence-corrected chi connectivity index (χ1v) is 8.90. The average Bonchev–Trinajstić information content (AvgIpc) is 2.74. The van der Waals surface area contributed by atoms with Gasteiger partial charge >= 0.3 is 0 Å². The fraction of sp³-hybridized carbons (Fsp3) is 0.842. The van der Waals surface area contributed by atoms with E-state index in [-0.39, 0.29) is 6.10 Å². The molecule has 0 radical (unpaired) electrons. The lowest BCUT2D eigenvalue weighted by molar-refractivity contribution is -0.115. The van der Waals surface area contributed by atoms with E-state index in [0.29, 0.717) is 29.0 Å². The Morgan fingerprint density at radius 1 is 1.24 bits per heavy atom. The summed E-state index contributed by atoms with van der Waals surface area (Å²) in [5.41, 5.74) is 1.85. The monoisotopic (exact) mass is 288 g/mol. The highest BCUT2D eigenvalue weighted by Gasteiger charge is 2.55. The van der Waals surface area contributed by atoms with Crippen LogP contribution in [0.4, 0.5) is 0 Å². The summed E-state index contributed by atoms with van der Waals surface area (Å²) < 4.78 is 0. The number of hydrogen-bond donors (Lipinski definition) is 1. The third kappa shape index (κ3) is 2.05. The zero-order valence-corrected chi connectivity index (χ0v) is 13.3. The van der Waals surface area contributed by atoms with Gasteiger partial charge in [-0.15, -0.1) is 0 Å². The third-order valence-electron chi connectivity index (χ3n) is 7.50. The quantitative estimate of drug-likeness (QED) is 0.737. The standard InChI is InChI=1S/C19H28O2/c1-11-15-5-6-19(2)10-14(21)9-18(19)17(15)7-12-3-4-13(20)8-16(11)12/h8,11-12,14-15,17-18,21H,3-7,9-10H2,1-2H3. The predicted octanol–water partition coefficient (Wildman–Crippen LogP) is 3.74. The molecular formula is C19H28O2. The van der Waals surface area contributed by atoms with Gasteiger partial charge in [-0.1, -0.05) is 19.4 Å². The zero-order valence-electron chi connectivity index (χ0n) is 13.3. The van der Waals surface area contributed by atoms with E-state index in [4.69, 9.17) is 0 Å². The van der Waals surface area contributed by atoms with Crippen molar-refractivity contribution in [2.45, 2.75) is 64.9 Å². The molecule has 7 unspecified atom stereocenters. The molecule has 0 amide bonds. The van der Waals surface area contributed by atoms with Crippen LogP contribution < -0.4 is 0 Å². The summed E-state index contributed by atoms with van der Waals surface area (Å²) >= 11 is 0. The van der Waals surface area contributed by atoms with E-state index >= 15 is 0 Å². The largest absolute Gasteiger partial charge is 0.393 e. The van der Waals surface area contributed by atoms with E-state index in [9.17, 15) is 9.90 Å². The van der Waals surface area contributed by atoms with Crippen LogP contribution in [-0.2, 0) is 4.79 Å². The Morgan fingerprint density at radius 3 is 2.86 bits per heavy atom. The van der Waals surface area contributed by atoms with Crippen molar-refractivity contribution in [2.24, 2.45) is 35.0 Å². The molecular weight excluding hydrogens is 260 g/mol. The van der Waals surface area contributed by atoms with Crippen molar-refractivity contribution in [3.05, 3.63) is 11.6 Å². The van der Waals surface area contributed by atoms with E-state index < -0.39 is 0 Å². The number of rotatable bonds is 0. The van der Waals surface area contributed by atoms with Gasteiger partial charge in [0.2, 0.25) is 0 Å². The van der Waals surface area contributed by atoms with Crippen LogP contribution in [0.15, 0.2) is 11.6 Å². The normalized spacial score (nSPS) is 52.7. The lowest BCUT2D eigenvalue weighted by Gasteiger charge is -2.53. The Labute approximate surface area is 128 Å². The lowest BCUT2D eigenvalue weighted by atomic mass is 9.51. The number of ketones is 1. The summed E-state index contributed by atoms with van der Waals surface area (Å²) in [5, 5.41) is 10.2. The number of allylic oxidation sites excluding steroid dienone is 2. The number of aliphatic hydroxyl groups excluding tert-OH is 1. The Hall–Kier alpha value is -0.630. The van der Waals surface area contributed by atoms with Crippen LogP contribution in [0.2, 0.25) is 0 Å². The van der Waals surface area contributed by atoms with Gasteiger partial charge in [-0.2, -0.15) is 0 Å². The van der Waals surface area contributed by atoms with E-state index in [0.717, 1.165) is 37.5 Å². The maximum Gasteiger partial charge on any atom is 0.155 e. The molecule has 7 atom stereocenters. The van der Waals surface area contributed by atoms with Gasteiger partial charge in [0.05, 0.1) is 6.10 Å². The fourth-order valence-corrected chi connectivity index (χ4v) is 6.49. The maximum atomic E-state index is 11.8. The van der Waals surface area contributed by atoms with Crippen molar-refractivity contribution in [1.29, 1.82) is 0 Å². The van der Waals surface area contributed by atoms with Gasteiger partial charge in [0.15, 0.2) is 5.78 Å². The summed E-state index contributed by atoms with van der Waals surface area (Å²) in [6, 6.07) is 0. The Bertz CT molecular complexity index is 494. The van der Waals surface area contributed by atoms with Gasteiger partial charge in [0, 0.05) is 6.42 Å². The number of hydrogen-bond acceptors (Lipinski definition) is 2.